The summed E-state index contributed by atoms with van der Waals surface area (Å²) in [6.07, 6.45) is 0. The fourth-order valence-electron chi connectivity index (χ4n) is 4.24. The Morgan fingerprint density at radius 2 is 1.82 bits per heavy atom. The highest BCUT2D eigenvalue weighted by molar-refractivity contribution is 5.97. The van der Waals surface area contributed by atoms with Crippen molar-refractivity contribution in [2.75, 3.05) is 51.9 Å². The van der Waals surface area contributed by atoms with Gasteiger partial charge < -0.3 is 35.8 Å². The first kappa shape index (κ1) is 27.7. The van der Waals surface area contributed by atoms with Crippen LogP contribution in [-0.2, 0) is 16.1 Å². The molecule has 0 radical (unpaired) electrons. The van der Waals surface area contributed by atoms with Gasteiger partial charge in [-0.25, -0.2) is 0 Å². The Hall–Kier alpha value is -4.28. The average molecular weight is 534 g/mol. The van der Waals surface area contributed by atoms with Crippen molar-refractivity contribution in [1.82, 2.24) is 10.2 Å². The van der Waals surface area contributed by atoms with Gasteiger partial charge in [-0.05, 0) is 47.5 Å². The van der Waals surface area contributed by atoms with Gasteiger partial charge in [0.25, 0.3) is 0 Å². The molecule has 0 unspecified atom stereocenters. The number of amides is 1. The van der Waals surface area contributed by atoms with E-state index in [-0.39, 0.29) is 11.7 Å². The van der Waals surface area contributed by atoms with Crippen LogP contribution in [0.25, 0.3) is 0 Å². The number of methoxy groups -OCH3 is 1. The van der Waals surface area contributed by atoms with Crippen LogP contribution < -0.4 is 25.8 Å². The fraction of sp³-hybridized carbons (Fsp3) is 0.310. The summed E-state index contributed by atoms with van der Waals surface area (Å²) >= 11 is 0. The second kappa shape index (κ2) is 14.0. The lowest BCUT2D eigenvalue weighted by molar-refractivity contribution is -0.122. The van der Waals surface area contributed by atoms with Crippen LogP contribution in [0.2, 0.25) is 0 Å². The Balaban J connectivity index is 1.51. The molecule has 0 saturated carbocycles. The third-order valence-electron chi connectivity index (χ3n) is 6.46. The number of carbonyl (C=O) groups excluding carboxylic acids is 1. The number of nitrogens with two attached hydrogens (primary N) is 1. The predicted molar refractivity (Wildman–Crippen MR) is 149 cm³/mol. The molecule has 3 aromatic rings. The van der Waals surface area contributed by atoms with E-state index in [0.717, 1.165) is 38.4 Å². The van der Waals surface area contributed by atoms with E-state index in [0.29, 0.717) is 41.5 Å². The third-order valence-corrected chi connectivity index (χ3v) is 6.46. The smallest absolute Gasteiger partial charge is 0.247 e. The van der Waals surface area contributed by atoms with Crippen molar-refractivity contribution in [3.63, 3.8) is 0 Å². The van der Waals surface area contributed by atoms with Crippen LogP contribution in [0.15, 0.2) is 78.0 Å². The highest BCUT2D eigenvalue weighted by Crippen LogP contribution is 2.32. The normalized spacial score (nSPS) is 14.8. The number of anilines is 1. The number of oxime groups is 1. The van der Waals surface area contributed by atoms with E-state index in [4.69, 9.17) is 25.2 Å². The minimum atomic E-state index is -0.722. The SMILES string of the molecule is COc1cc([C@H](Nc2ccc(C(N)=NO)cc2)C(=O)NCc2ccccc2)ccc1OCCN1CCOCC1. The lowest BCUT2D eigenvalue weighted by Gasteiger charge is -2.26. The van der Waals surface area contributed by atoms with Crippen molar-refractivity contribution in [2.24, 2.45) is 10.9 Å². The van der Waals surface area contributed by atoms with Gasteiger partial charge in [0, 0.05) is 37.4 Å². The molecule has 0 spiro atoms. The summed E-state index contributed by atoms with van der Waals surface area (Å²) < 4.78 is 17.0. The molecule has 39 heavy (non-hydrogen) atoms. The molecule has 1 saturated heterocycles. The van der Waals surface area contributed by atoms with E-state index in [1.807, 2.05) is 48.5 Å². The summed E-state index contributed by atoms with van der Waals surface area (Å²) in [4.78, 5) is 15.7. The monoisotopic (exact) mass is 533 g/mol. The van der Waals surface area contributed by atoms with Crippen LogP contribution >= 0.6 is 0 Å². The van der Waals surface area contributed by atoms with Gasteiger partial charge in [0.15, 0.2) is 17.3 Å². The van der Waals surface area contributed by atoms with Crippen LogP contribution in [0.5, 0.6) is 11.5 Å². The molecule has 0 aliphatic carbocycles. The van der Waals surface area contributed by atoms with Gasteiger partial charge in [0.2, 0.25) is 5.91 Å². The fourth-order valence-corrected chi connectivity index (χ4v) is 4.24. The molecule has 4 rings (SSSR count). The van der Waals surface area contributed by atoms with Gasteiger partial charge in [-0.2, -0.15) is 0 Å². The summed E-state index contributed by atoms with van der Waals surface area (Å²) in [5.74, 6) is 0.954. The van der Waals surface area contributed by atoms with E-state index in [9.17, 15) is 4.79 Å². The molecule has 10 heteroatoms. The maximum Gasteiger partial charge on any atom is 0.247 e. The van der Waals surface area contributed by atoms with E-state index in [1.165, 1.54) is 0 Å². The van der Waals surface area contributed by atoms with Crippen LogP contribution in [-0.4, -0.2) is 68.4 Å². The molecule has 1 heterocycles. The van der Waals surface area contributed by atoms with Crippen LogP contribution in [0.1, 0.15) is 22.7 Å². The molecule has 206 valence electrons. The zero-order valence-electron chi connectivity index (χ0n) is 22.0. The molecular weight excluding hydrogens is 498 g/mol. The van der Waals surface area contributed by atoms with Gasteiger partial charge in [0.05, 0.1) is 20.3 Å². The minimum Gasteiger partial charge on any atom is -0.493 e. The summed E-state index contributed by atoms with van der Waals surface area (Å²) in [7, 11) is 1.58. The molecular formula is C29H35N5O5. The zero-order valence-corrected chi connectivity index (χ0v) is 22.0. The molecule has 0 aromatic heterocycles. The number of hydrogen-bond donors (Lipinski definition) is 4. The van der Waals surface area contributed by atoms with Crippen LogP contribution in [0, 0.1) is 0 Å². The lowest BCUT2D eigenvalue weighted by Crippen LogP contribution is -2.38. The Morgan fingerprint density at radius 3 is 2.51 bits per heavy atom. The first-order valence-electron chi connectivity index (χ1n) is 12.8. The van der Waals surface area contributed by atoms with Gasteiger partial charge in [-0.1, -0.05) is 41.6 Å². The lowest BCUT2D eigenvalue weighted by atomic mass is 10.0. The topological polar surface area (TPSA) is 131 Å². The Bertz CT molecular complexity index is 1230. The average Bonchev–Trinajstić information content (AvgIpc) is 2.99. The van der Waals surface area contributed by atoms with Crippen LogP contribution in [0.4, 0.5) is 5.69 Å². The summed E-state index contributed by atoms with van der Waals surface area (Å²) in [5, 5.41) is 18.3. The molecule has 5 N–H and O–H groups in total. The molecule has 1 aliphatic rings. The number of hydrogen-bond acceptors (Lipinski definition) is 8. The predicted octanol–water partition coefficient (Wildman–Crippen LogP) is 2.97. The zero-order chi connectivity index (χ0) is 27.5. The number of nitrogens with one attached hydrogen (secondary N) is 2. The van der Waals surface area contributed by atoms with Gasteiger partial charge in [0.1, 0.15) is 12.6 Å². The number of carbonyl (C=O) groups is 1. The van der Waals surface area contributed by atoms with Crippen LogP contribution in [0.3, 0.4) is 0 Å². The largest absolute Gasteiger partial charge is 0.493 e. The maximum absolute atomic E-state index is 13.4. The first-order chi connectivity index (χ1) is 19.1. The van der Waals surface area contributed by atoms with Crippen molar-refractivity contribution >= 4 is 17.4 Å². The Morgan fingerprint density at radius 1 is 1.08 bits per heavy atom. The number of nitrogens with zero attached hydrogens (tertiary/aromatic N) is 2. The number of morpholine rings is 1. The number of rotatable bonds is 12. The summed E-state index contributed by atoms with van der Waals surface area (Å²) in [5.41, 5.74) is 8.64. The van der Waals surface area contributed by atoms with Gasteiger partial charge >= 0.3 is 0 Å². The molecule has 1 amide bonds. The molecule has 3 aromatic carbocycles. The number of benzene rings is 3. The Kier molecular flexibility index (Phi) is 9.98. The third kappa shape index (κ3) is 7.86. The Labute approximate surface area is 228 Å². The summed E-state index contributed by atoms with van der Waals surface area (Å²) in [6, 6.07) is 21.5. The quantitative estimate of drug-likeness (QED) is 0.121. The molecule has 1 aliphatic heterocycles. The van der Waals surface area contributed by atoms with E-state index < -0.39 is 6.04 Å². The summed E-state index contributed by atoms with van der Waals surface area (Å²) in [6.45, 7) is 4.97. The second-order valence-corrected chi connectivity index (χ2v) is 9.06. The minimum absolute atomic E-state index is 0.00708. The standard InChI is InChI=1S/C29H35N5O5/c1-37-26-19-23(9-12-25(26)39-18-15-34-13-16-38-17-14-34)27(29(35)31-20-21-5-3-2-4-6-21)32-24-10-7-22(8-11-24)28(30)33-36/h2-12,19,27,32,36H,13-18,20H2,1H3,(H2,30,33)(H,31,35)/t27-/m0/s1. The van der Waals surface area contributed by atoms with Crippen molar-refractivity contribution < 1.29 is 24.2 Å². The highest BCUT2D eigenvalue weighted by atomic mass is 16.5. The number of ether oxygens (including phenoxy) is 3. The van der Waals surface area contributed by atoms with E-state index in [2.05, 4.69) is 20.7 Å². The highest BCUT2D eigenvalue weighted by Gasteiger charge is 2.23. The van der Waals surface area contributed by atoms with E-state index >= 15 is 0 Å². The van der Waals surface area contributed by atoms with E-state index in [1.54, 1.807) is 31.4 Å². The van der Waals surface area contributed by atoms with Gasteiger partial charge in [-0.3, -0.25) is 9.69 Å². The van der Waals surface area contributed by atoms with Crippen molar-refractivity contribution in [3.05, 3.63) is 89.5 Å². The van der Waals surface area contributed by atoms with Crippen molar-refractivity contribution in [1.29, 1.82) is 0 Å². The molecule has 0 bridgehead atoms. The van der Waals surface area contributed by atoms with Crippen molar-refractivity contribution in [3.8, 4) is 11.5 Å². The maximum atomic E-state index is 13.4. The number of amidine groups is 1. The first-order valence-corrected chi connectivity index (χ1v) is 12.8. The molecule has 1 fully saturated rings. The van der Waals surface area contributed by atoms with Gasteiger partial charge in [-0.15, -0.1) is 0 Å². The van der Waals surface area contributed by atoms with Crippen molar-refractivity contribution in [2.45, 2.75) is 12.6 Å². The molecule has 10 nitrogen and oxygen atoms in total. The molecule has 1 atom stereocenters. The second-order valence-electron chi connectivity index (χ2n) is 9.06.